The molecule has 0 saturated heterocycles. The number of carbonyl (C=O) groups excluding carboxylic acids is 2. The number of ether oxygens (including phenoxy) is 1. The summed E-state index contributed by atoms with van der Waals surface area (Å²) in [5.41, 5.74) is -3.28. The number of hydrogen-bond donors (Lipinski definition) is 1. The first kappa shape index (κ1) is 23.7. The topological polar surface area (TPSA) is 96.3 Å². The van der Waals surface area contributed by atoms with E-state index in [1.165, 1.54) is 19.1 Å². The summed E-state index contributed by atoms with van der Waals surface area (Å²) >= 11 is 3.22. The predicted molar refractivity (Wildman–Crippen MR) is 102 cm³/mol. The fourth-order valence-corrected chi connectivity index (χ4v) is 3.17. The van der Waals surface area contributed by atoms with Crippen LogP contribution in [0.1, 0.15) is 56.0 Å². The van der Waals surface area contributed by atoms with Gasteiger partial charge in [0.15, 0.2) is 5.82 Å². The molecule has 1 N–H and O–H groups in total. The van der Waals surface area contributed by atoms with Crippen molar-refractivity contribution in [3.63, 3.8) is 0 Å². The first-order valence-electron chi connectivity index (χ1n) is 8.75. The number of imidazole rings is 1. The number of alkyl carbamates (subject to hydrolysis) is 1. The maximum Gasteiger partial charge on any atom is 0.408 e. The Morgan fingerprint density at radius 2 is 1.93 bits per heavy atom. The number of aromatic carboxylic acids is 1. The number of rotatable bonds is 6. The van der Waals surface area contributed by atoms with Gasteiger partial charge >= 0.3 is 6.09 Å². The van der Waals surface area contributed by atoms with Gasteiger partial charge in [0.05, 0.1) is 12.1 Å². The lowest BCUT2D eigenvalue weighted by molar-refractivity contribution is -0.256. The molecule has 0 unspecified atom stereocenters. The van der Waals surface area contributed by atoms with Crippen molar-refractivity contribution in [3.05, 3.63) is 51.8 Å². The summed E-state index contributed by atoms with van der Waals surface area (Å²) in [4.78, 5) is 27.2. The van der Waals surface area contributed by atoms with Crippen LogP contribution in [0.3, 0.4) is 0 Å². The van der Waals surface area contributed by atoms with Crippen molar-refractivity contribution in [2.75, 3.05) is 0 Å². The van der Waals surface area contributed by atoms with Gasteiger partial charge in [0.1, 0.15) is 23.1 Å². The van der Waals surface area contributed by atoms with E-state index in [9.17, 15) is 27.9 Å². The highest BCUT2D eigenvalue weighted by atomic mass is 79.9. The van der Waals surface area contributed by atoms with Crippen molar-refractivity contribution in [2.24, 2.45) is 0 Å². The monoisotopic (exact) mass is 490 g/mol. The zero-order valence-corrected chi connectivity index (χ0v) is 18.2. The predicted octanol–water partition coefficient (Wildman–Crippen LogP) is 3.53. The average Bonchev–Trinajstić information content (AvgIpc) is 2.99. The van der Waals surface area contributed by atoms with Gasteiger partial charge in [-0.2, -0.15) is 0 Å². The molecule has 0 aliphatic heterocycles. The van der Waals surface area contributed by atoms with Crippen LogP contribution >= 0.6 is 15.9 Å². The van der Waals surface area contributed by atoms with E-state index in [1.54, 1.807) is 20.8 Å². The number of amides is 1. The van der Waals surface area contributed by atoms with Crippen molar-refractivity contribution >= 4 is 28.0 Å². The molecule has 11 heteroatoms. The van der Waals surface area contributed by atoms with E-state index < -0.39 is 53.5 Å². The van der Waals surface area contributed by atoms with Gasteiger partial charge < -0.3 is 24.5 Å². The van der Waals surface area contributed by atoms with Gasteiger partial charge in [0.2, 0.25) is 0 Å². The zero-order valence-electron chi connectivity index (χ0n) is 16.6. The number of alkyl halides is 2. The van der Waals surface area contributed by atoms with Crippen LogP contribution in [-0.2, 0) is 16.8 Å². The van der Waals surface area contributed by atoms with Gasteiger partial charge in [-0.05, 0) is 45.9 Å². The Morgan fingerprint density at radius 1 is 1.30 bits per heavy atom. The van der Waals surface area contributed by atoms with Crippen LogP contribution in [0.2, 0.25) is 0 Å². The molecule has 1 aromatic carbocycles. The summed E-state index contributed by atoms with van der Waals surface area (Å²) in [5.74, 6) is -3.28. The minimum atomic E-state index is -3.03. The van der Waals surface area contributed by atoms with Crippen LogP contribution in [0, 0.1) is 5.82 Å². The van der Waals surface area contributed by atoms with E-state index in [1.807, 2.05) is 0 Å². The molecule has 0 radical (unpaired) electrons. The Morgan fingerprint density at radius 3 is 2.47 bits per heavy atom. The Bertz CT molecular complexity index is 959. The molecule has 0 fully saturated rings. The molecule has 7 nitrogen and oxygen atoms in total. The molecular weight excluding hydrogens is 471 g/mol. The lowest BCUT2D eigenvalue weighted by atomic mass is 9.91. The van der Waals surface area contributed by atoms with E-state index in [2.05, 4.69) is 26.2 Å². The SMILES string of the molecule is CC(C)(C)OC(=O)N[C@@](C)(Cn1cc(C(F)F)nc1C(=O)[O-])c1cc(Br)ccc1F. The van der Waals surface area contributed by atoms with Crippen LogP contribution in [0.5, 0.6) is 0 Å². The number of nitrogens with one attached hydrogen (secondary N) is 1. The van der Waals surface area contributed by atoms with E-state index in [4.69, 9.17) is 4.74 Å². The smallest absolute Gasteiger partial charge is 0.408 e. The second-order valence-electron chi connectivity index (χ2n) is 7.79. The van der Waals surface area contributed by atoms with Crippen molar-refractivity contribution < 1.29 is 32.6 Å². The van der Waals surface area contributed by atoms with Crippen LogP contribution in [-0.4, -0.2) is 27.2 Å². The van der Waals surface area contributed by atoms with Crippen LogP contribution in [0.25, 0.3) is 0 Å². The fourth-order valence-electron chi connectivity index (χ4n) is 2.81. The number of halogens is 4. The lowest BCUT2D eigenvalue weighted by Gasteiger charge is -2.33. The molecule has 0 aliphatic carbocycles. The van der Waals surface area contributed by atoms with Crippen molar-refractivity contribution in [2.45, 2.75) is 51.8 Å². The minimum absolute atomic E-state index is 0.0284. The highest BCUT2D eigenvalue weighted by molar-refractivity contribution is 9.10. The van der Waals surface area contributed by atoms with Gasteiger partial charge in [0.25, 0.3) is 6.43 Å². The number of benzene rings is 1. The number of aromatic nitrogens is 2. The lowest BCUT2D eigenvalue weighted by Crippen LogP contribution is -2.49. The Balaban J connectivity index is 2.56. The quantitative estimate of drug-likeness (QED) is 0.667. The third kappa shape index (κ3) is 5.74. The highest BCUT2D eigenvalue weighted by Gasteiger charge is 2.35. The number of carboxylic acids is 1. The van der Waals surface area contributed by atoms with E-state index >= 15 is 0 Å². The summed E-state index contributed by atoms with van der Waals surface area (Å²) in [6.45, 7) is 5.85. The Hall–Kier alpha value is -2.56. The number of carbonyl (C=O) groups is 2. The summed E-state index contributed by atoms with van der Waals surface area (Å²) in [5, 5.41) is 13.9. The molecule has 164 valence electrons. The standard InChI is InChI=1S/C19H21BrF3N3O4/c1-18(2,3)30-17(29)25-19(4,11-7-10(20)5-6-12(11)21)9-26-8-13(14(22)23)24-15(26)16(27)28/h5-8,14H,9H2,1-4H3,(H,25,29)(H,27,28)/p-1/t19-/m0/s1. The second kappa shape index (κ2) is 8.66. The minimum Gasteiger partial charge on any atom is -0.542 e. The second-order valence-corrected chi connectivity index (χ2v) is 8.70. The number of hydrogen-bond acceptors (Lipinski definition) is 5. The van der Waals surface area contributed by atoms with Gasteiger partial charge in [-0.15, -0.1) is 0 Å². The van der Waals surface area contributed by atoms with E-state index in [0.717, 1.165) is 16.8 Å². The molecular formula is C19H20BrF3N3O4-. The van der Waals surface area contributed by atoms with Gasteiger partial charge in [-0.1, -0.05) is 15.9 Å². The number of carboxylic acid groups (broad SMARTS) is 1. The summed E-state index contributed by atoms with van der Waals surface area (Å²) in [7, 11) is 0. The maximum atomic E-state index is 14.7. The zero-order chi connectivity index (χ0) is 22.9. The van der Waals surface area contributed by atoms with E-state index in [0.29, 0.717) is 4.47 Å². The first-order valence-corrected chi connectivity index (χ1v) is 9.54. The molecule has 0 saturated carbocycles. The van der Waals surface area contributed by atoms with Crippen LogP contribution in [0.15, 0.2) is 28.9 Å². The summed E-state index contributed by atoms with van der Waals surface area (Å²) in [6, 6.07) is 3.97. The van der Waals surface area contributed by atoms with E-state index in [-0.39, 0.29) is 5.56 Å². The van der Waals surface area contributed by atoms with Crippen molar-refractivity contribution in [1.29, 1.82) is 0 Å². The number of nitrogens with zero attached hydrogens (tertiary/aromatic N) is 2. The average molecular weight is 491 g/mol. The highest BCUT2D eigenvalue weighted by Crippen LogP contribution is 2.30. The van der Waals surface area contributed by atoms with Gasteiger partial charge in [0, 0.05) is 16.2 Å². The maximum absolute atomic E-state index is 14.7. The third-order valence-electron chi connectivity index (χ3n) is 3.99. The molecule has 1 aromatic heterocycles. The van der Waals surface area contributed by atoms with Crippen LogP contribution < -0.4 is 10.4 Å². The molecule has 0 aliphatic rings. The molecule has 30 heavy (non-hydrogen) atoms. The summed E-state index contributed by atoms with van der Waals surface area (Å²) < 4.78 is 47.3. The molecule has 2 aromatic rings. The van der Waals surface area contributed by atoms with Gasteiger partial charge in [-0.25, -0.2) is 22.9 Å². The first-order chi connectivity index (χ1) is 13.7. The van der Waals surface area contributed by atoms with Crippen molar-refractivity contribution in [1.82, 2.24) is 14.9 Å². The third-order valence-corrected chi connectivity index (χ3v) is 4.48. The Kier molecular flexibility index (Phi) is 6.85. The molecule has 1 heterocycles. The van der Waals surface area contributed by atoms with Crippen LogP contribution in [0.4, 0.5) is 18.0 Å². The summed E-state index contributed by atoms with van der Waals surface area (Å²) in [6.07, 6.45) is -3.12. The molecule has 1 amide bonds. The normalized spacial score (nSPS) is 13.8. The molecule has 0 bridgehead atoms. The largest absolute Gasteiger partial charge is 0.542 e. The molecule has 1 atom stereocenters. The van der Waals surface area contributed by atoms with Gasteiger partial charge in [-0.3, -0.25) is 0 Å². The van der Waals surface area contributed by atoms with Crippen molar-refractivity contribution in [3.8, 4) is 0 Å². The molecule has 0 spiro atoms. The fraction of sp³-hybridized carbons (Fsp3) is 0.421. The Labute approximate surface area is 179 Å². The molecule has 2 rings (SSSR count).